The van der Waals surface area contributed by atoms with Crippen molar-refractivity contribution in [2.24, 2.45) is 5.16 Å². The van der Waals surface area contributed by atoms with Crippen LogP contribution in [0.15, 0.2) is 98.2 Å². The van der Waals surface area contributed by atoms with Crippen molar-refractivity contribution in [1.82, 2.24) is 14.1 Å². The van der Waals surface area contributed by atoms with Gasteiger partial charge < -0.3 is 19.6 Å². The number of oxime groups is 1. The molecular formula is C29H28ClN5O6. The van der Waals surface area contributed by atoms with E-state index in [2.05, 4.69) is 26.9 Å². The summed E-state index contributed by atoms with van der Waals surface area (Å²) in [5, 5.41) is 7.10. The molecule has 12 heteroatoms. The SMILES string of the molecule is C=NOc1ccccc1COc1ccc(Nc2nc(=O)n(CCC(=O)OC)c(=O)n2CC2=CCC=C(Cl)C=C2)cc1. The van der Waals surface area contributed by atoms with Crippen LogP contribution in [0.3, 0.4) is 0 Å². The Hall–Kier alpha value is -4.90. The summed E-state index contributed by atoms with van der Waals surface area (Å²) in [6.07, 6.45) is 7.73. The zero-order chi connectivity index (χ0) is 29.2. The Morgan fingerprint density at radius 2 is 1.88 bits per heavy atom. The number of hydrogen-bond acceptors (Lipinski definition) is 9. The topological polar surface area (TPSA) is 126 Å². The zero-order valence-corrected chi connectivity index (χ0v) is 23.0. The Kier molecular flexibility index (Phi) is 9.89. The summed E-state index contributed by atoms with van der Waals surface area (Å²) in [6, 6.07) is 14.3. The minimum atomic E-state index is -0.789. The van der Waals surface area contributed by atoms with Gasteiger partial charge in [0.05, 0.1) is 20.1 Å². The number of carbonyl (C=O) groups is 1. The molecule has 4 rings (SSSR count). The number of aromatic nitrogens is 3. The number of hydrogen-bond donors (Lipinski definition) is 1. The van der Waals surface area contributed by atoms with Crippen LogP contribution in [0.4, 0.5) is 11.6 Å². The van der Waals surface area contributed by atoms with Gasteiger partial charge in [-0.3, -0.25) is 9.36 Å². The minimum absolute atomic E-state index is 0.0450. The van der Waals surface area contributed by atoms with Crippen LogP contribution in [0, 0.1) is 0 Å². The molecule has 1 aliphatic rings. The van der Waals surface area contributed by atoms with Gasteiger partial charge in [-0.1, -0.05) is 53.2 Å². The quantitative estimate of drug-likeness (QED) is 0.192. The smallest absolute Gasteiger partial charge is 0.354 e. The maximum Gasteiger partial charge on any atom is 0.354 e. The first-order chi connectivity index (χ1) is 19.9. The molecule has 2 aromatic carbocycles. The lowest BCUT2D eigenvalue weighted by atomic mass is 10.2. The second-order valence-electron chi connectivity index (χ2n) is 8.77. The lowest BCUT2D eigenvalue weighted by Crippen LogP contribution is -2.43. The van der Waals surface area contributed by atoms with Crippen LogP contribution in [-0.4, -0.2) is 33.9 Å². The predicted octanol–water partition coefficient (Wildman–Crippen LogP) is 4.29. The number of benzene rings is 2. The number of ether oxygens (including phenoxy) is 2. The Bertz CT molecular complexity index is 1620. The van der Waals surface area contributed by atoms with Gasteiger partial charge in [-0.15, -0.1) is 0 Å². The molecule has 3 aromatic rings. The van der Waals surface area contributed by atoms with Gasteiger partial charge in [0.1, 0.15) is 12.4 Å². The number of allylic oxidation sites excluding steroid dienone is 6. The standard InChI is InChI=1S/C29H28ClN5O6/c1-31-41-25-9-4-3-7-21(25)19-40-24-14-12-23(13-15-24)32-27-33-28(37)34(17-16-26(36)39-2)29(38)35(27)18-20-6-5-8-22(30)11-10-20/h3-4,6-15H,1,5,16-19H2,2H3,(H,32,33,37). The van der Waals surface area contributed by atoms with Crippen LogP contribution in [0.25, 0.3) is 0 Å². The lowest BCUT2D eigenvalue weighted by molar-refractivity contribution is -0.140. The van der Waals surface area contributed by atoms with Crippen molar-refractivity contribution >= 4 is 35.9 Å². The second kappa shape index (κ2) is 13.9. The Morgan fingerprint density at radius 3 is 2.63 bits per heavy atom. The van der Waals surface area contributed by atoms with Crippen molar-refractivity contribution in [2.75, 3.05) is 12.4 Å². The van der Waals surface area contributed by atoms with Gasteiger partial charge in [-0.2, -0.15) is 4.98 Å². The minimum Gasteiger partial charge on any atom is -0.489 e. The maximum atomic E-state index is 13.4. The molecule has 1 aromatic heterocycles. The number of halogens is 1. The molecule has 0 saturated heterocycles. The van der Waals surface area contributed by atoms with E-state index < -0.39 is 17.3 Å². The monoisotopic (exact) mass is 577 g/mol. The van der Waals surface area contributed by atoms with E-state index in [1.54, 1.807) is 42.5 Å². The molecule has 212 valence electrons. The Morgan fingerprint density at radius 1 is 1.10 bits per heavy atom. The summed E-state index contributed by atoms with van der Waals surface area (Å²) in [5.41, 5.74) is 0.744. The van der Waals surface area contributed by atoms with Crippen LogP contribution in [0.2, 0.25) is 0 Å². The van der Waals surface area contributed by atoms with E-state index in [9.17, 15) is 14.4 Å². The van der Waals surface area contributed by atoms with E-state index >= 15 is 0 Å². The normalized spacial score (nSPS) is 12.5. The first-order valence-electron chi connectivity index (χ1n) is 12.6. The molecule has 0 bridgehead atoms. The molecule has 1 aliphatic carbocycles. The second-order valence-corrected chi connectivity index (χ2v) is 9.20. The third-order valence-electron chi connectivity index (χ3n) is 6.05. The number of esters is 1. The highest BCUT2D eigenvalue weighted by atomic mass is 35.5. The van der Waals surface area contributed by atoms with Gasteiger partial charge in [0.25, 0.3) is 0 Å². The fraction of sp³-hybridized carbons (Fsp3) is 0.207. The summed E-state index contributed by atoms with van der Waals surface area (Å²) in [5.74, 6) is 0.626. The first kappa shape index (κ1) is 29.1. The molecule has 11 nitrogen and oxygen atoms in total. The average molecular weight is 578 g/mol. The van der Waals surface area contributed by atoms with Gasteiger partial charge in [0.15, 0.2) is 5.75 Å². The van der Waals surface area contributed by atoms with E-state index in [1.807, 2.05) is 30.4 Å². The summed E-state index contributed by atoms with van der Waals surface area (Å²) in [4.78, 5) is 47.2. The summed E-state index contributed by atoms with van der Waals surface area (Å²) in [7, 11) is 1.24. The molecule has 0 amide bonds. The maximum absolute atomic E-state index is 13.4. The molecular weight excluding hydrogens is 550 g/mol. The molecule has 0 atom stereocenters. The van der Waals surface area contributed by atoms with Crippen LogP contribution < -0.4 is 26.3 Å². The molecule has 41 heavy (non-hydrogen) atoms. The van der Waals surface area contributed by atoms with Crippen molar-refractivity contribution in [3.05, 3.63) is 110 Å². The van der Waals surface area contributed by atoms with Gasteiger partial charge in [-0.05, 0) is 48.4 Å². The van der Waals surface area contributed by atoms with Crippen molar-refractivity contribution in [3.8, 4) is 11.5 Å². The molecule has 0 spiro atoms. The molecule has 0 fully saturated rings. The van der Waals surface area contributed by atoms with Crippen molar-refractivity contribution in [3.63, 3.8) is 0 Å². The Balaban J connectivity index is 1.57. The van der Waals surface area contributed by atoms with Crippen LogP contribution in [0.1, 0.15) is 18.4 Å². The number of nitrogens with zero attached hydrogens (tertiary/aromatic N) is 4. The lowest BCUT2D eigenvalue weighted by Gasteiger charge is -2.16. The fourth-order valence-corrected chi connectivity index (χ4v) is 4.07. The average Bonchev–Trinajstić information content (AvgIpc) is 3.18. The highest BCUT2D eigenvalue weighted by molar-refractivity contribution is 6.31. The summed E-state index contributed by atoms with van der Waals surface area (Å²) in [6.45, 7) is 3.53. The van der Waals surface area contributed by atoms with Crippen LogP contribution in [-0.2, 0) is 29.2 Å². The highest BCUT2D eigenvalue weighted by Crippen LogP contribution is 2.23. The van der Waals surface area contributed by atoms with Crippen molar-refractivity contribution in [2.45, 2.75) is 32.5 Å². The summed E-state index contributed by atoms with van der Waals surface area (Å²) >= 11 is 6.12. The van der Waals surface area contributed by atoms with E-state index in [1.165, 1.54) is 11.7 Å². The molecule has 0 saturated carbocycles. The number of methoxy groups -OCH3 is 1. The molecule has 0 radical (unpaired) electrons. The third-order valence-corrected chi connectivity index (χ3v) is 6.33. The molecule has 1 N–H and O–H groups in total. The van der Waals surface area contributed by atoms with Crippen LogP contribution in [0.5, 0.6) is 11.5 Å². The Labute approximate surface area is 240 Å². The van der Waals surface area contributed by atoms with Gasteiger partial charge in [0, 0.05) is 29.5 Å². The van der Waals surface area contributed by atoms with Gasteiger partial charge >= 0.3 is 17.3 Å². The molecule has 1 heterocycles. The van der Waals surface area contributed by atoms with Crippen molar-refractivity contribution < 1.29 is 19.1 Å². The number of rotatable bonds is 12. The third kappa shape index (κ3) is 7.83. The molecule has 0 unspecified atom stereocenters. The largest absolute Gasteiger partial charge is 0.489 e. The van der Waals surface area contributed by atoms with E-state index in [4.69, 9.17) is 21.2 Å². The number of carbonyl (C=O) groups excluding carboxylic acids is 1. The first-order valence-corrected chi connectivity index (χ1v) is 13.0. The summed E-state index contributed by atoms with van der Waals surface area (Å²) < 4.78 is 12.8. The van der Waals surface area contributed by atoms with E-state index in [0.717, 1.165) is 15.7 Å². The molecule has 0 aliphatic heterocycles. The highest BCUT2D eigenvalue weighted by Gasteiger charge is 2.16. The van der Waals surface area contributed by atoms with Gasteiger partial charge in [0.2, 0.25) is 5.95 Å². The van der Waals surface area contributed by atoms with E-state index in [0.29, 0.717) is 28.6 Å². The van der Waals surface area contributed by atoms with Crippen molar-refractivity contribution in [1.29, 1.82) is 0 Å². The number of anilines is 2. The predicted molar refractivity (Wildman–Crippen MR) is 156 cm³/mol. The number of nitrogens with one attached hydrogen (secondary N) is 1. The van der Waals surface area contributed by atoms with E-state index in [-0.39, 0.29) is 32.1 Å². The fourth-order valence-electron chi connectivity index (χ4n) is 3.92. The zero-order valence-electron chi connectivity index (χ0n) is 22.3. The van der Waals surface area contributed by atoms with Crippen LogP contribution >= 0.6 is 11.6 Å². The van der Waals surface area contributed by atoms with Gasteiger partial charge in [-0.25, -0.2) is 14.2 Å². The number of para-hydroxylation sites is 1.